The maximum Gasteiger partial charge on any atom is 0.0986 e. The summed E-state index contributed by atoms with van der Waals surface area (Å²) in [7, 11) is 0. The molecule has 0 fully saturated rings. The fourth-order valence-electron chi connectivity index (χ4n) is 1.05. The van der Waals surface area contributed by atoms with Gasteiger partial charge < -0.3 is 5.73 Å². The van der Waals surface area contributed by atoms with Gasteiger partial charge in [-0.3, -0.25) is 0 Å². The second-order valence-electron chi connectivity index (χ2n) is 2.88. The summed E-state index contributed by atoms with van der Waals surface area (Å²) in [4.78, 5) is 4.30. The van der Waals surface area contributed by atoms with Gasteiger partial charge in [-0.15, -0.1) is 11.8 Å². The van der Waals surface area contributed by atoms with Crippen molar-refractivity contribution in [3.63, 3.8) is 0 Å². The minimum atomic E-state index is 0.0760. The van der Waals surface area contributed by atoms with E-state index in [-0.39, 0.29) is 6.04 Å². The summed E-state index contributed by atoms with van der Waals surface area (Å²) in [6, 6.07) is 2.18. The van der Waals surface area contributed by atoms with Crippen LogP contribution >= 0.6 is 11.8 Å². The largest absolute Gasteiger partial charge is 0.324 e. The van der Waals surface area contributed by atoms with Crippen molar-refractivity contribution in [3.05, 3.63) is 23.4 Å². The van der Waals surface area contributed by atoms with Gasteiger partial charge in [-0.05, 0) is 31.2 Å². The molecule has 0 radical (unpaired) electrons. The Kier molecular flexibility index (Phi) is 3.12. The van der Waals surface area contributed by atoms with Crippen LogP contribution in [0.4, 0.5) is 0 Å². The van der Waals surface area contributed by atoms with Gasteiger partial charge in [0, 0.05) is 12.2 Å². The molecule has 0 aliphatic heterocycles. The Labute approximate surface area is 77.6 Å². The molecule has 1 aromatic rings. The summed E-state index contributed by atoms with van der Waals surface area (Å²) in [5, 5.41) is 1.08. The summed E-state index contributed by atoms with van der Waals surface area (Å²) in [5.74, 6) is 0. The zero-order valence-corrected chi connectivity index (χ0v) is 8.48. The fraction of sp³-hybridized carbons (Fsp3) is 0.444. The lowest BCUT2D eigenvalue weighted by Gasteiger charge is -2.07. The van der Waals surface area contributed by atoms with E-state index in [0.29, 0.717) is 0 Å². The van der Waals surface area contributed by atoms with Gasteiger partial charge in [-0.1, -0.05) is 6.07 Å². The molecule has 12 heavy (non-hydrogen) atoms. The van der Waals surface area contributed by atoms with Crippen molar-refractivity contribution in [2.75, 3.05) is 6.26 Å². The Balaban J connectivity index is 3.02. The van der Waals surface area contributed by atoms with E-state index in [1.165, 1.54) is 5.56 Å². The predicted octanol–water partition coefficient (Wildman–Crippen LogP) is 2.13. The maximum absolute atomic E-state index is 5.73. The Morgan fingerprint density at radius 2 is 2.25 bits per heavy atom. The second-order valence-corrected chi connectivity index (χ2v) is 3.68. The number of pyridine rings is 1. The summed E-state index contributed by atoms with van der Waals surface area (Å²) >= 11 is 1.66. The molecular formula is C9H14N2S. The third kappa shape index (κ3) is 1.99. The number of hydrogen-bond donors (Lipinski definition) is 1. The van der Waals surface area contributed by atoms with Crippen molar-refractivity contribution in [1.82, 2.24) is 4.98 Å². The van der Waals surface area contributed by atoms with Gasteiger partial charge in [0.05, 0.1) is 5.03 Å². The molecule has 0 spiro atoms. The van der Waals surface area contributed by atoms with E-state index in [4.69, 9.17) is 5.73 Å². The minimum Gasteiger partial charge on any atom is -0.324 e. The lowest BCUT2D eigenvalue weighted by Crippen LogP contribution is -2.05. The molecule has 1 atom stereocenters. The Morgan fingerprint density at radius 1 is 1.58 bits per heavy atom. The topological polar surface area (TPSA) is 38.9 Å². The molecule has 0 bridgehead atoms. The van der Waals surface area contributed by atoms with Crippen molar-refractivity contribution < 1.29 is 0 Å². The van der Waals surface area contributed by atoms with Crippen molar-refractivity contribution >= 4 is 11.8 Å². The number of hydrogen-bond acceptors (Lipinski definition) is 3. The van der Waals surface area contributed by atoms with Crippen molar-refractivity contribution in [1.29, 1.82) is 0 Å². The highest BCUT2D eigenvalue weighted by Gasteiger charge is 2.03. The van der Waals surface area contributed by atoms with Gasteiger partial charge in [0.25, 0.3) is 0 Å². The Morgan fingerprint density at radius 3 is 2.67 bits per heavy atom. The molecule has 0 aliphatic rings. The number of aromatic nitrogens is 1. The zero-order chi connectivity index (χ0) is 9.14. The molecule has 66 valence electrons. The van der Waals surface area contributed by atoms with Gasteiger partial charge >= 0.3 is 0 Å². The molecule has 1 unspecified atom stereocenters. The number of nitrogens with zero attached hydrogens (tertiary/aromatic N) is 1. The zero-order valence-electron chi connectivity index (χ0n) is 7.66. The summed E-state index contributed by atoms with van der Waals surface area (Å²) in [6.07, 6.45) is 3.88. The minimum absolute atomic E-state index is 0.0760. The number of nitrogens with two attached hydrogens (primary N) is 1. The van der Waals surface area contributed by atoms with Crippen LogP contribution in [0.15, 0.2) is 17.3 Å². The Hall–Kier alpha value is -0.540. The highest BCUT2D eigenvalue weighted by Crippen LogP contribution is 2.19. The lowest BCUT2D eigenvalue weighted by atomic mass is 10.1. The van der Waals surface area contributed by atoms with E-state index in [2.05, 4.69) is 18.0 Å². The first-order valence-electron chi connectivity index (χ1n) is 3.91. The molecule has 2 nitrogen and oxygen atoms in total. The van der Waals surface area contributed by atoms with E-state index in [9.17, 15) is 0 Å². The van der Waals surface area contributed by atoms with Crippen LogP contribution in [0.3, 0.4) is 0 Å². The summed E-state index contributed by atoms with van der Waals surface area (Å²) < 4.78 is 0. The van der Waals surface area contributed by atoms with E-state index >= 15 is 0 Å². The molecule has 0 aliphatic carbocycles. The van der Waals surface area contributed by atoms with Crippen LogP contribution in [0.2, 0.25) is 0 Å². The summed E-state index contributed by atoms with van der Waals surface area (Å²) in [5.41, 5.74) is 8.04. The number of aryl methyl sites for hydroxylation is 1. The molecule has 1 rings (SSSR count). The van der Waals surface area contributed by atoms with E-state index < -0.39 is 0 Å². The van der Waals surface area contributed by atoms with Gasteiger partial charge in [-0.25, -0.2) is 4.98 Å². The van der Waals surface area contributed by atoms with Gasteiger partial charge in [0.15, 0.2) is 0 Å². The smallest absolute Gasteiger partial charge is 0.0986 e. The molecular weight excluding hydrogens is 168 g/mol. The Bertz CT molecular complexity index is 271. The highest BCUT2D eigenvalue weighted by atomic mass is 32.2. The average molecular weight is 182 g/mol. The number of thioether (sulfide) groups is 1. The van der Waals surface area contributed by atoms with Gasteiger partial charge in [-0.2, -0.15) is 0 Å². The first kappa shape index (κ1) is 9.55. The monoisotopic (exact) mass is 182 g/mol. The van der Waals surface area contributed by atoms with E-state index in [1.807, 2.05) is 19.4 Å². The van der Waals surface area contributed by atoms with E-state index in [0.717, 1.165) is 10.6 Å². The van der Waals surface area contributed by atoms with Crippen molar-refractivity contribution in [2.45, 2.75) is 24.9 Å². The molecule has 0 amide bonds. The molecule has 0 aromatic carbocycles. The lowest BCUT2D eigenvalue weighted by molar-refractivity contribution is 0.802. The molecule has 3 heteroatoms. The van der Waals surface area contributed by atoms with Gasteiger partial charge in [0.1, 0.15) is 0 Å². The quantitative estimate of drug-likeness (QED) is 0.712. The van der Waals surface area contributed by atoms with Crippen LogP contribution < -0.4 is 5.73 Å². The first-order chi connectivity index (χ1) is 5.65. The van der Waals surface area contributed by atoms with Crippen molar-refractivity contribution in [3.8, 4) is 0 Å². The third-order valence-electron chi connectivity index (χ3n) is 1.77. The fourth-order valence-corrected chi connectivity index (χ4v) is 1.59. The van der Waals surface area contributed by atoms with Crippen LogP contribution in [-0.2, 0) is 0 Å². The average Bonchev–Trinajstić information content (AvgIpc) is 2.04. The van der Waals surface area contributed by atoms with Crippen LogP contribution in [0.5, 0.6) is 0 Å². The molecule has 1 heterocycles. The standard InChI is InChI=1S/C9H14N2S/c1-6-4-8(7(2)10)5-11-9(6)12-3/h4-5,7H,10H2,1-3H3. The van der Waals surface area contributed by atoms with Crippen LogP contribution in [0.1, 0.15) is 24.1 Å². The second kappa shape index (κ2) is 3.92. The van der Waals surface area contributed by atoms with Crippen LogP contribution in [-0.4, -0.2) is 11.2 Å². The number of rotatable bonds is 2. The first-order valence-corrected chi connectivity index (χ1v) is 5.13. The molecule has 2 N–H and O–H groups in total. The van der Waals surface area contributed by atoms with Crippen LogP contribution in [0, 0.1) is 6.92 Å². The maximum atomic E-state index is 5.73. The van der Waals surface area contributed by atoms with Crippen LogP contribution in [0.25, 0.3) is 0 Å². The third-order valence-corrected chi connectivity index (χ3v) is 2.58. The molecule has 0 saturated carbocycles. The summed E-state index contributed by atoms with van der Waals surface area (Å²) in [6.45, 7) is 4.03. The van der Waals surface area contributed by atoms with Gasteiger partial charge in [0.2, 0.25) is 0 Å². The molecule has 1 aromatic heterocycles. The highest BCUT2D eigenvalue weighted by molar-refractivity contribution is 7.98. The van der Waals surface area contributed by atoms with E-state index in [1.54, 1.807) is 11.8 Å². The molecule has 0 saturated heterocycles. The SMILES string of the molecule is CSc1ncc(C(C)N)cc1C. The van der Waals surface area contributed by atoms with Crippen molar-refractivity contribution in [2.24, 2.45) is 5.73 Å². The predicted molar refractivity (Wildman–Crippen MR) is 53.4 cm³/mol. The normalized spacial score (nSPS) is 13.0.